The Balaban J connectivity index is 1.71. The Kier molecular flexibility index (Phi) is 4.35. The predicted molar refractivity (Wildman–Crippen MR) is 70.2 cm³/mol. The van der Waals surface area contributed by atoms with E-state index in [0.29, 0.717) is 0 Å². The molecule has 2 rings (SSSR count). The summed E-state index contributed by atoms with van der Waals surface area (Å²) in [6.07, 6.45) is 5.71. The van der Waals surface area contributed by atoms with Crippen molar-refractivity contribution in [2.45, 2.75) is 51.8 Å². The number of ether oxygens (including phenoxy) is 1. The summed E-state index contributed by atoms with van der Waals surface area (Å²) in [4.78, 5) is 0. The lowest BCUT2D eigenvalue weighted by Gasteiger charge is -2.22. The maximum atomic E-state index is 5.39. The smallest absolute Gasteiger partial charge is 0.0964 e. The fraction of sp³-hybridized carbons (Fsp3) is 0.846. The first kappa shape index (κ1) is 13.5. The molecule has 1 saturated carbocycles. The lowest BCUT2D eigenvalue weighted by atomic mass is 10.1. The van der Waals surface area contributed by atoms with Crippen LogP contribution in [0.1, 0.15) is 38.8 Å². The van der Waals surface area contributed by atoms with Gasteiger partial charge in [0.15, 0.2) is 0 Å². The first-order valence-electron chi connectivity index (χ1n) is 6.74. The molecule has 1 aromatic rings. The van der Waals surface area contributed by atoms with Crippen molar-refractivity contribution in [2.75, 3.05) is 13.7 Å². The Labute approximate surface area is 109 Å². The predicted octanol–water partition coefficient (Wildman–Crippen LogP) is 1.59. The summed E-state index contributed by atoms with van der Waals surface area (Å²) in [5, 5.41) is 11.7. The summed E-state index contributed by atoms with van der Waals surface area (Å²) in [6, 6.07) is 0. The van der Waals surface area contributed by atoms with Gasteiger partial charge in [0.05, 0.1) is 11.3 Å². The third-order valence-electron chi connectivity index (χ3n) is 3.52. The zero-order chi connectivity index (χ0) is 13.0. The maximum absolute atomic E-state index is 5.39. The Morgan fingerprint density at radius 2 is 2.28 bits per heavy atom. The molecule has 0 radical (unpaired) electrons. The van der Waals surface area contributed by atoms with Crippen LogP contribution in [0.2, 0.25) is 0 Å². The quantitative estimate of drug-likeness (QED) is 0.763. The van der Waals surface area contributed by atoms with E-state index in [-0.39, 0.29) is 5.60 Å². The van der Waals surface area contributed by atoms with Crippen molar-refractivity contribution in [3.63, 3.8) is 0 Å². The maximum Gasteiger partial charge on any atom is 0.0964 e. The summed E-state index contributed by atoms with van der Waals surface area (Å²) < 4.78 is 7.29. The van der Waals surface area contributed by atoms with Gasteiger partial charge in [-0.1, -0.05) is 5.21 Å². The summed E-state index contributed by atoms with van der Waals surface area (Å²) in [5.74, 6) is 0.905. The van der Waals surface area contributed by atoms with E-state index in [0.717, 1.165) is 37.7 Å². The van der Waals surface area contributed by atoms with Crippen LogP contribution in [0.5, 0.6) is 0 Å². The third kappa shape index (κ3) is 4.38. The normalized spacial score (nSPS) is 16.2. The lowest BCUT2D eigenvalue weighted by Crippen LogP contribution is -2.24. The van der Waals surface area contributed by atoms with Gasteiger partial charge in [0, 0.05) is 26.4 Å². The van der Waals surface area contributed by atoms with Crippen LogP contribution in [0, 0.1) is 5.92 Å². The van der Waals surface area contributed by atoms with Gasteiger partial charge in [-0.15, -0.1) is 5.10 Å². The number of rotatable bonds is 8. The minimum atomic E-state index is -0.101. The molecule has 0 amide bonds. The van der Waals surface area contributed by atoms with Gasteiger partial charge in [0.25, 0.3) is 0 Å². The topological polar surface area (TPSA) is 52.0 Å². The highest BCUT2D eigenvalue weighted by molar-refractivity contribution is 4.92. The van der Waals surface area contributed by atoms with Gasteiger partial charge < -0.3 is 10.1 Å². The second-order valence-corrected chi connectivity index (χ2v) is 5.76. The molecular weight excluding hydrogens is 228 g/mol. The molecule has 0 saturated heterocycles. The van der Waals surface area contributed by atoms with E-state index in [9.17, 15) is 0 Å². The van der Waals surface area contributed by atoms with Gasteiger partial charge in [-0.3, -0.25) is 4.68 Å². The molecule has 1 aromatic heterocycles. The van der Waals surface area contributed by atoms with Gasteiger partial charge in [-0.2, -0.15) is 0 Å². The number of nitrogens with zero attached hydrogens (tertiary/aromatic N) is 3. The highest BCUT2D eigenvalue weighted by Gasteiger charge is 2.20. The second kappa shape index (κ2) is 5.80. The standard InChI is InChI=1S/C13H24N4O/c1-13(2,18-3)6-7-17-10-12(15-16-17)9-14-8-11-4-5-11/h10-11,14H,4-9H2,1-3H3. The molecule has 0 bridgehead atoms. The van der Waals surface area contributed by atoms with E-state index in [1.165, 1.54) is 12.8 Å². The molecule has 1 N–H and O–H groups in total. The number of hydrogen-bond donors (Lipinski definition) is 1. The fourth-order valence-electron chi connectivity index (χ4n) is 1.74. The minimum Gasteiger partial charge on any atom is -0.379 e. The molecule has 1 heterocycles. The molecule has 1 aliphatic rings. The average Bonchev–Trinajstić information content (AvgIpc) is 3.05. The second-order valence-electron chi connectivity index (χ2n) is 5.76. The zero-order valence-corrected chi connectivity index (χ0v) is 11.6. The Hall–Kier alpha value is -0.940. The summed E-state index contributed by atoms with van der Waals surface area (Å²) >= 11 is 0. The number of aromatic nitrogens is 3. The number of nitrogens with one attached hydrogen (secondary N) is 1. The van der Waals surface area contributed by atoms with Gasteiger partial charge in [-0.05, 0) is 45.6 Å². The van der Waals surface area contributed by atoms with Gasteiger partial charge >= 0.3 is 0 Å². The monoisotopic (exact) mass is 252 g/mol. The zero-order valence-electron chi connectivity index (χ0n) is 11.6. The van der Waals surface area contributed by atoms with E-state index in [4.69, 9.17) is 4.74 Å². The van der Waals surface area contributed by atoms with E-state index in [1.807, 2.05) is 10.9 Å². The van der Waals surface area contributed by atoms with Crippen LogP contribution in [-0.2, 0) is 17.8 Å². The van der Waals surface area contributed by atoms with Crippen molar-refractivity contribution in [1.29, 1.82) is 0 Å². The van der Waals surface area contributed by atoms with Crippen molar-refractivity contribution in [3.05, 3.63) is 11.9 Å². The van der Waals surface area contributed by atoms with Gasteiger partial charge in [-0.25, -0.2) is 0 Å². The van der Waals surface area contributed by atoms with Crippen molar-refractivity contribution in [3.8, 4) is 0 Å². The molecule has 0 unspecified atom stereocenters. The number of aryl methyl sites for hydroxylation is 1. The van der Waals surface area contributed by atoms with E-state index < -0.39 is 0 Å². The molecule has 5 nitrogen and oxygen atoms in total. The SMILES string of the molecule is COC(C)(C)CCn1cc(CNCC2CC2)nn1. The minimum absolute atomic E-state index is 0.101. The van der Waals surface area contributed by atoms with Crippen LogP contribution in [0.25, 0.3) is 0 Å². The summed E-state index contributed by atoms with van der Waals surface area (Å²) in [6.45, 7) is 6.95. The molecule has 102 valence electrons. The number of methoxy groups -OCH3 is 1. The summed E-state index contributed by atoms with van der Waals surface area (Å²) in [7, 11) is 1.74. The molecule has 0 spiro atoms. The van der Waals surface area contributed by atoms with Crippen LogP contribution >= 0.6 is 0 Å². The first-order chi connectivity index (χ1) is 8.59. The summed E-state index contributed by atoms with van der Waals surface area (Å²) in [5.41, 5.74) is 0.918. The van der Waals surface area contributed by atoms with Crippen LogP contribution in [0.15, 0.2) is 6.20 Å². The van der Waals surface area contributed by atoms with E-state index in [1.54, 1.807) is 7.11 Å². The molecule has 0 atom stereocenters. The van der Waals surface area contributed by atoms with Crippen LogP contribution in [0.3, 0.4) is 0 Å². The van der Waals surface area contributed by atoms with Crippen LogP contribution < -0.4 is 5.32 Å². The lowest BCUT2D eigenvalue weighted by molar-refractivity contribution is 0.0112. The van der Waals surface area contributed by atoms with Crippen molar-refractivity contribution in [2.24, 2.45) is 5.92 Å². The highest BCUT2D eigenvalue weighted by atomic mass is 16.5. The first-order valence-corrected chi connectivity index (χ1v) is 6.74. The average molecular weight is 252 g/mol. The molecule has 1 aliphatic carbocycles. The molecule has 0 aromatic carbocycles. The Morgan fingerprint density at radius 1 is 1.50 bits per heavy atom. The Morgan fingerprint density at radius 3 is 2.94 bits per heavy atom. The molecule has 18 heavy (non-hydrogen) atoms. The van der Waals surface area contributed by atoms with Gasteiger partial charge in [0.1, 0.15) is 0 Å². The number of hydrogen-bond acceptors (Lipinski definition) is 4. The Bertz CT molecular complexity index is 371. The molecule has 5 heteroatoms. The van der Waals surface area contributed by atoms with Crippen molar-refractivity contribution >= 4 is 0 Å². The fourth-order valence-corrected chi connectivity index (χ4v) is 1.74. The third-order valence-corrected chi connectivity index (χ3v) is 3.52. The molecule has 0 aliphatic heterocycles. The van der Waals surface area contributed by atoms with Crippen molar-refractivity contribution < 1.29 is 4.74 Å². The van der Waals surface area contributed by atoms with E-state index in [2.05, 4.69) is 29.5 Å². The molecule has 1 fully saturated rings. The largest absolute Gasteiger partial charge is 0.379 e. The van der Waals surface area contributed by atoms with Crippen LogP contribution in [0.4, 0.5) is 0 Å². The molecular formula is C13H24N4O. The van der Waals surface area contributed by atoms with Gasteiger partial charge in [0.2, 0.25) is 0 Å². The van der Waals surface area contributed by atoms with Crippen molar-refractivity contribution in [1.82, 2.24) is 20.3 Å². The highest BCUT2D eigenvalue weighted by Crippen LogP contribution is 2.27. The van der Waals surface area contributed by atoms with Crippen LogP contribution in [-0.4, -0.2) is 34.2 Å². The van der Waals surface area contributed by atoms with E-state index >= 15 is 0 Å².